The van der Waals surface area contributed by atoms with E-state index in [-0.39, 0.29) is 11.7 Å². The molecule has 2 aromatic rings. The molecule has 3 nitrogen and oxygen atoms in total. The van der Waals surface area contributed by atoms with Gasteiger partial charge in [0.05, 0.1) is 13.1 Å². The predicted molar refractivity (Wildman–Crippen MR) is 90.7 cm³/mol. The second-order valence-electron chi connectivity index (χ2n) is 6.06. The van der Waals surface area contributed by atoms with Gasteiger partial charge in [-0.2, -0.15) is 0 Å². The maximum absolute atomic E-state index is 13.1. The zero-order valence-electron chi connectivity index (χ0n) is 13.2. The van der Waals surface area contributed by atoms with E-state index in [1.807, 2.05) is 10.3 Å². The molecule has 1 saturated carbocycles. The molecule has 0 saturated heterocycles. The lowest BCUT2D eigenvalue weighted by molar-refractivity contribution is -0.131. The minimum atomic E-state index is -0.254. The largest absolute Gasteiger partial charge is 0.332 e. The number of nitrogens with zero attached hydrogens (tertiary/aromatic N) is 1. The summed E-state index contributed by atoms with van der Waals surface area (Å²) in [6.45, 7) is 3.54. The van der Waals surface area contributed by atoms with Crippen molar-refractivity contribution >= 4 is 17.2 Å². The minimum Gasteiger partial charge on any atom is -0.332 e. The molecule has 1 aromatic carbocycles. The van der Waals surface area contributed by atoms with Gasteiger partial charge in [0, 0.05) is 17.5 Å². The molecular formula is C18H21FN2OS. The van der Waals surface area contributed by atoms with E-state index in [9.17, 15) is 9.18 Å². The highest BCUT2D eigenvalue weighted by molar-refractivity contribution is 7.10. The lowest BCUT2D eigenvalue weighted by atomic mass is 10.2. The van der Waals surface area contributed by atoms with Crippen LogP contribution in [0.25, 0.3) is 0 Å². The van der Waals surface area contributed by atoms with E-state index in [2.05, 4.69) is 18.3 Å². The van der Waals surface area contributed by atoms with Gasteiger partial charge in [-0.15, -0.1) is 11.3 Å². The molecule has 122 valence electrons. The number of hydrogen-bond acceptors (Lipinski definition) is 3. The molecule has 5 heteroatoms. The molecule has 1 heterocycles. The predicted octanol–water partition coefficient (Wildman–Crippen LogP) is 3.48. The summed E-state index contributed by atoms with van der Waals surface area (Å²) in [5.74, 6) is -0.162. The van der Waals surface area contributed by atoms with Crippen LogP contribution < -0.4 is 5.32 Å². The number of nitrogens with one attached hydrogen (secondary N) is 1. The van der Waals surface area contributed by atoms with Crippen molar-refractivity contribution in [1.82, 2.24) is 10.2 Å². The Morgan fingerprint density at radius 3 is 2.61 bits per heavy atom. The van der Waals surface area contributed by atoms with Crippen molar-refractivity contribution in [3.8, 4) is 0 Å². The van der Waals surface area contributed by atoms with Gasteiger partial charge in [-0.25, -0.2) is 4.39 Å². The molecule has 1 amide bonds. The molecule has 0 aliphatic heterocycles. The Bertz CT molecular complexity index is 664. The van der Waals surface area contributed by atoms with Crippen molar-refractivity contribution in [2.24, 2.45) is 0 Å². The van der Waals surface area contributed by atoms with Crippen LogP contribution in [0.3, 0.4) is 0 Å². The standard InChI is InChI=1S/C18H21FN2OS/c1-13-8-9-23-17(13)12-21(18(22)10-20-16-6-7-16)11-14-2-4-15(19)5-3-14/h2-5,8-9,16,20H,6-7,10-12H2,1H3. The summed E-state index contributed by atoms with van der Waals surface area (Å²) in [5.41, 5.74) is 2.16. The third kappa shape index (κ3) is 4.62. The van der Waals surface area contributed by atoms with Gasteiger partial charge < -0.3 is 10.2 Å². The van der Waals surface area contributed by atoms with Gasteiger partial charge in [-0.05, 0) is 54.5 Å². The summed E-state index contributed by atoms with van der Waals surface area (Å²) in [6.07, 6.45) is 2.32. The maximum atomic E-state index is 13.1. The van der Waals surface area contributed by atoms with E-state index in [0.717, 1.165) is 18.4 Å². The van der Waals surface area contributed by atoms with Crippen molar-refractivity contribution in [3.63, 3.8) is 0 Å². The van der Waals surface area contributed by atoms with E-state index >= 15 is 0 Å². The molecule has 3 rings (SSSR count). The van der Waals surface area contributed by atoms with Crippen molar-refractivity contribution in [2.45, 2.75) is 38.9 Å². The number of thiophene rings is 1. The molecule has 1 fully saturated rings. The Labute approximate surface area is 140 Å². The molecular weight excluding hydrogens is 311 g/mol. The van der Waals surface area contributed by atoms with Gasteiger partial charge in [0.15, 0.2) is 0 Å². The molecule has 0 spiro atoms. The smallest absolute Gasteiger partial charge is 0.237 e. The summed E-state index contributed by atoms with van der Waals surface area (Å²) in [7, 11) is 0. The number of rotatable bonds is 7. The van der Waals surface area contributed by atoms with E-state index in [0.29, 0.717) is 25.7 Å². The van der Waals surface area contributed by atoms with Gasteiger partial charge in [0.2, 0.25) is 5.91 Å². The van der Waals surface area contributed by atoms with E-state index in [4.69, 9.17) is 0 Å². The first-order valence-corrected chi connectivity index (χ1v) is 8.78. The summed E-state index contributed by atoms with van der Waals surface area (Å²) >= 11 is 1.67. The average Bonchev–Trinajstić information content (AvgIpc) is 3.29. The van der Waals surface area contributed by atoms with Crippen LogP contribution in [0, 0.1) is 12.7 Å². The highest BCUT2D eigenvalue weighted by atomic mass is 32.1. The molecule has 23 heavy (non-hydrogen) atoms. The zero-order chi connectivity index (χ0) is 16.2. The van der Waals surface area contributed by atoms with Crippen molar-refractivity contribution < 1.29 is 9.18 Å². The first-order valence-electron chi connectivity index (χ1n) is 7.90. The van der Waals surface area contributed by atoms with Crippen LogP contribution in [0.2, 0.25) is 0 Å². The minimum absolute atomic E-state index is 0.0917. The number of amides is 1. The van der Waals surface area contributed by atoms with E-state index < -0.39 is 0 Å². The van der Waals surface area contributed by atoms with Crippen LogP contribution in [0.1, 0.15) is 28.8 Å². The van der Waals surface area contributed by atoms with Gasteiger partial charge in [-0.1, -0.05) is 12.1 Å². The molecule has 1 aliphatic rings. The van der Waals surface area contributed by atoms with Crippen LogP contribution in [-0.4, -0.2) is 23.4 Å². The number of halogens is 1. The third-order valence-corrected chi connectivity index (χ3v) is 5.07. The summed E-state index contributed by atoms with van der Waals surface area (Å²) in [6, 6.07) is 8.95. The van der Waals surface area contributed by atoms with Crippen LogP contribution in [0.5, 0.6) is 0 Å². The lowest BCUT2D eigenvalue weighted by Gasteiger charge is -2.23. The van der Waals surface area contributed by atoms with Crippen LogP contribution in [0.15, 0.2) is 35.7 Å². The fraction of sp³-hybridized carbons (Fsp3) is 0.389. The second-order valence-corrected chi connectivity index (χ2v) is 7.06. The summed E-state index contributed by atoms with van der Waals surface area (Å²) < 4.78 is 13.1. The van der Waals surface area contributed by atoms with Crippen molar-refractivity contribution in [2.75, 3.05) is 6.54 Å². The molecule has 0 radical (unpaired) electrons. The van der Waals surface area contributed by atoms with Crippen LogP contribution in [0.4, 0.5) is 4.39 Å². The van der Waals surface area contributed by atoms with Crippen LogP contribution >= 0.6 is 11.3 Å². The second kappa shape index (κ2) is 7.23. The quantitative estimate of drug-likeness (QED) is 0.842. The Kier molecular flexibility index (Phi) is 5.08. The molecule has 1 N–H and O–H groups in total. The third-order valence-electron chi connectivity index (χ3n) is 4.06. The van der Waals surface area contributed by atoms with Crippen LogP contribution in [-0.2, 0) is 17.9 Å². The average molecular weight is 332 g/mol. The maximum Gasteiger partial charge on any atom is 0.237 e. The highest BCUT2D eigenvalue weighted by Gasteiger charge is 2.23. The molecule has 0 bridgehead atoms. The Morgan fingerprint density at radius 1 is 1.26 bits per heavy atom. The first-order chi connectivity index (χ1) is 11.1. The first kappa shape index (κ1) is 16.1. The normalized spacial score (nSPS) is 14.0. The van der Waals surface area contributed by atoms with Gasteiger partial charge in [0.1, 0.15) is 5.82 Å². The SMILES string of the molecule is Cc1ccsc1CN(Cc1ccc(F)cc1)C(=O)CNC1CC1. The number of hydrogen-bond donors (Lipinski definition) is 1. The van der Waals surface area contributed by atoms with E-state index in [1.54, 1.807) is 23.5 Å². The monoisotopic (exact) mass is 332 g/mol. The highest BCUT2D eigenvalue weighted by Crippen LogP contribution is 2.21. The number of carbonyl (C=O) groups excluding carboxylic acids is 1. The molecule has 0 atom stereocenters. The molecule has 0 unspecified atom stereocenters. The number of aryl methyl sites for hydroxylation is 1. The Morgan fingerprint density at radius 2 is 2.00 bits per heavy atom. The summed E-state index contributed by atoms with van der Waals surface area (Å²) in [5, 5.41) is 5.33. The Hall–Kier alpha value is -1.72. The van der Waals surface area contributed by atoms with Gasteiger partial charge in [-0.3, -0.25) is 4.79 Å². The van der Waals surface area contributed by atoms with Crippen molar-refractivity contribution in [3.05, 3.63) is 57.5 Å². The molecule has 1 aromatic heterocycles. The van der Waals surface area contributed by atoms with Gasteiger partial charge in [0.25, 0.3) is 0 Å². The number of carbonyl (C=O) groups is 1. The van der Waals surface area contributed by atoms with E-state index in [1.165, 1.54) is 22.6 Å². The molecule has 1 aliphatic carbocycles. The van der Waals surface area contributed by atoms with Crippen molar-refractivity contribution in [1.29, 1.82) is 0 Å². The Balaban J connectivity index is 1.69. The fourth-order valence-electron chi connectivity index (χ4n) is 2.41. The zero-order valence-corrected chi connectivity index (χ0v) is 14.0. The van der Waals surface area contributed by atoms with Gasteiger partial charge >= 0.3 is 0 Å². The summed E-state index contributed by atoms with van der Waals surface area (Å²) in [4.78, 5) is 15.6. The lowest BCUT2D eigenvalue weighted by Crippen LogP contribution is -2.38. The topological polar surface area (TPSA) is 32.3 Å². The number of benzene rings is 1. The fourth-order valence-corrected chi connectivity index (χ4v) is 3.33.